The van der Waals surface area contributed by atoms with Gasteiger partial charge < -0.3 is 4.74 Å². The third kappa shape index (κ3) is 3.32. The van der Waals surface area contributed by atoms with Gasteiger partial charge in [-0.3, -0.25) is 4.79 Å². The van der Waals surface area contributed by atoms with Crippen molar-refractivity contribution in [2.75, 3.05) is 0 Å². The van der Waals surface area contributed by atoms with E-state index in [1.54, 1.807) is 30.3 Å². The minimum absolute atomic E-state index is 0.0714. The second kappa shape index (κ2) is 5.85. The monoisotopic (exact) mass is 278 g/mol. The van der Waals surface area contributed by atoms with Gasteiger partial charge in [-0.1, -0.05) is 29.8 Å². The first kappa shape index (κ1) is 13.6. The van der Waals surface area contributed by atoms with Crippen molar-refractivity contribution in [3.8, 4) is 5.75 Å². The largest absolute Gasteiger partial charge is 0.488 e. The van der Waals surface area contributed by atoms with E-state index in [-0.39, 0.29) is 17.4 Å². The van der Waals surface area contributed by atoms with Gasteiger partial charge >= 0.3 is 0 Å². The predicted octanol–water partition coefficient (Wildman–Crippen LogP) is 4.26. The molecule has 0 fully saturated rings. The van der Waals surface area contributed by atoms with Crippen LogP contribution in [0.2, 0.25) is 5.02 Å². The molecule has 0 bridgehead atoms. The summed E-state index contributed by atoms with van der Waals surface area (Å²) in [4.78, 5) is 11.4. The average molecular weight is 279 g/mol. The molecule has 0 aliphatic rings. The van der Waals surface area contributed by atoms with Gasteiger partial charge in [0.15, 0.2) is 5.78 Å². The van der Waals surface area contributed by atoms with E-state index in [4.69, 9.17) is 16.3 Å². The number of benzene rings is 2. The molecule has 0 unspecified atom stereocenters. The van der Waals surface area contributed by atoms with Crippen molar-refractivity contribution >= 4 is 17.4 Å². The molecular weight excluding hydrogens is 267 g/mol. The molecule has 0 saturated heterocycles. The number of Topliss-reactive ketones (excluding diaryl/α,β-unsaturated/α-hetero) is 1. The Kier molecular flexibility index (Phi) is 4.17. The van der Waals surface area contributed by atoms with Crippen LogP contribution >= 0.6 is 11.6 Å². The van der Waals surface area contributed by atoms with E-state index in [1.165, 1.54) is 19.1 Å². The predicted molar refractivity (Wildman–Crippen MR) is 72.2 cm³/mol. The molecule has 2 nitrogen and oxygen atoms in total. The molecule has 0 aliphatic heterocycles. The molecule has 2 rings (SSSR count). The molecule has 0 radical (unpaired) electrons. The Labute approximate surface area is 115 Å². The lowest BCUT2D eigenvalue weighted by Gasteiger charge is -2.09. The van der Waals surface area contributed by atoms with E-state index in [9.17, 15) is 9.18 Å². The minimum atomic E-state index is -0.484. The van der Waals surface area contributed by atoms with Crippen molar-refractivity contribution in [1.82, 2.24) is 0 Å². The number of carbonyl (C=O) groups excluding carboxylic acids is 1. The third-order valence-corrected chi connectivity index (χ3v) is 2.95. The quantitative estimate of drug-likeness (QED) is 0.781. The number of hydrogen-bond acceptors (Lipinski definition) is 2. The summed E-state index contributed by atoms with van der Waals surface area (Å²) < 4.78 is 18.8. The molecule has 2 aromatic rings. The molecule has 0 N–H and O–H groups in total. The van der Waals surface area contributed by atoms with Crippen molar-refractivity contribution in [3.63, 3.8) is 0 Å². The Morgan fingerprint density at radius 2 is 2.00 bits per heavy atom. The number of para-hydroxylation sites is 1. The first-order valence-electron chi connectivity index (χ1n) is 5.74. The van der Waals surface area contributed by atoms with Crippen molar-refractivity contribution in [1.29, 1.82) is 0 Å². The Morgan fingerprint density at radius 1 is 1.26 bits per heavy atom. The maximum Gasteiger partial charge on any atom is 0.163 e. The van der Waals surface area contributed by atoms with Crippen LogP contribution in [0.1, 0.15) is 22.8 Å². The van der Waals surface area contributed by atoms with Gasteiger partial charge in [0, 0.05) is 0 Å². The Balaban J connectivity index is 2.14. The smallest absolute Gasteiger partial charge is 0.163 e. The summed E-state index contributed by atoms with van der Waals surface area (Å²) in [7, 11) is 0. The van der Waals surface area contributed by atoms with Crippen LogP contribution in [0.5, 0.6) is 5.75 Å². The molecule has 4 heteroatoms. The Hall–Kier alpha value is -1.87. The van der Waals surface area contributed by atoms with Gasteiger partial charge in [0.05, 0.1) is 10.6 Å². The van der Waals surface area contributed by atoms with Crippen LogP contribution < -0.4 is 4.74 Å². The van der Waals surface area contributed by atoms with Crippen molar-refractivity contribution < 1.29 is 13.9 Å². The zero-order valence-electron chi connectivity index (χ0n) is 10.3. The summed E-state index contributed by atoms with van der Waals surface area (Å²) in [5.41, 5.74) is 1.16. The maximum atomic E-state index is 13.3. The number of halogens is 2. The fourth-order valence-electron chi connectivity index (χ4n) is 1.67. The van der Waals surface area contributed by atoms with Crippen LogP contribution in [0.15, 0.2) is 42.5 Å². The highest BCUT2D eigenvalue weighted by Crippen LogP contribution is 2.21. The van der Waals surface area contributed by atoms with Gasteiger partial charge in [0.1, 0.15) is 18.2 Å². The lowest BCUT2D eigenvalue weighted by Crippen LogP contribution is -2.01. The molecular formula is C15H12ClFO2. The standard InChI is InChI=1S/C15H12ClFO2/c1-10(18)12-4-2-3-5-15(12)19-9-11-6-7-13(16)14(17)8-11/h2-8H,9H2,1H3. The van der Waals surface area contributed by atoms with Gasteiger partial charge in [-0.2, -0.15) is 0 Å². The second-order valence-corrected chi connectivity index (χ2v) is 4.50. The molecule has 0 aromatic heterocycles. The van der Waals surface area contributed by atoms with Crippen LogP contribution in [0.3, 0.4) is 0 Å². The maximum absolute atomic E-state index is 13.3. The van der Waals surface area contributed by atoms with Gasteiger partial charge in [0.25, 0.3) is 0 Å². The third-order valence-electron chi connectivity index (χ3n) is 2.64. The second-order valence-electron chi connectivity index (χ2n) is 4.09. The normalized spacial score (nSPS) is 10.3. The van der Waals surface area contributed by atoms with E-state index in [0.717, 1.165) is 0 Å². The van der Waals surface area contributed by atoms with Crippen molar-refractivity contribution in [2.24, 2.45) is 0 Å². The number of ketones is 1. The minimum Gasteiger partial charge on any atom is -0.488 e. The zero-order valence-corrected chi connectivity index (χ0v) is 11.1. The summed E-state index contributed by atoms with van der Waals surface area (Å²) in [5, 5.41) is 0.0767. The number of hydrogen-bond donors (Lipinski definition) is 0. The molecule has 0 aliphatic carbocycles. The summed E-state index contributed by atoms with van der Waals surface area (Å²) in [5.74, 6) is -0.0640. The van der Waals surface area contributed by atoms with E-state index in [2.05, 4.69) is 0 Å². The van der Waals surface area contributed by atoms with Crippen LogP contribution in [-0.2, 0) is 6.61 Å². The van der Waals surface area contributed by atoms with Crippen LogP contribution in [0, 0.1) is 5.82 Å². The molecule has 0 atom stereocenters. The summed E-state index contributed by atoms with van der Waals surface area (Å²) in [6.07, 6.45) is 0. The number of ether oxygens (including phenoxy) is 1. The molecule has 0 saturated carbocycles. The molecule has 98 valence electrons. The lowest BCUT2D eigenvalue weighted by atomic mass is 10.1. The number of carbonyl (C=O) groups is 1. The van der Waals surface area contributed by atoms with Gasteiger partial charge in [-0.15, -0.1) is 0 Å². The molecule has 0 spiro atoms. The zero-order chi connectivity index (χ0) is 13.8. The van der Waals surface area contributed by atoms with Crippen molar-refractivity contribution in [3.05, 3.63) is 64.4 Å². The first-order chi connectivity index (χ1) is 9.08. The SMILES string of the molecule is CC(=O)c1ccccc1OCc1ccc(Cl)c(F)c1. The molecule has 0 heterocycles. The highest BCUT2D eigenvalue weighted by Gasteiger charge is 2.08. The van der Waals surface area contributed by atoms with Gasteiger partial charge in [-0.05, 0) is 36.8 Å². The van der Waals surface area contributed by atoms with E-state index in [1.807, 2.05) is 0 Å². The van der Waals surface area contributed by atoms with E-state index in [0.29, 0.717) is 16.9 Å². The fourth-order valence-corrected chi connectivity index (χ4v) is 1.79. The highest BCUT2D eigenvalue weighted by molar-refractivity contribution is 6.30. The molecule has 2 aromatic carbocycles. The topological polar surface area (TPSA) is 26.3 Å². The average Bonchev–Trinajstić information content (AvgIpc) is 2.40. The highest BCUT2D eigenvalue weighted by atomic mass is 35.5. The molecule has 0 amide bonds. The van der Waals surface area contributed by atoms with Crippen molar-refractivity contribution in [2.45, 2.75) is 13.5 Å². The summed E-state index contributed by atoms with van der Waals surface area (Å²) >= 11 is 5.60. The first-order valence-corrected chi connectivity index (χ1v) is 6.12. The van der Waals surface area contributed by atoms with Crippen LogP contribution in [-0.4, -0.2) is 5.78 Å². The summed E-state index contributed by atoms with van der Waals surface area (Å²) in [6, 6.07) is 11.4. The van der Waals surface area contributed by atoms with Crippen LogP contribution in [0.25, 0.3) is 0 Å². The lowest BCUT2D eigenvalue weighted by molar-refractivity contribution is 0.101. The van der Waals surface area contributed by atoms with E-state index < -0.39 is 5.82 Å². The van der Waals surface area contributed by atoms with Gasteiger partial charge in [-0.25, -0.2) is 4.39 Å². The van der Waals surface area contributed by atoms with E-state index >= 15 is 0 Å². The van der Waals surface area contributed by atoms with Crippen LogP contribution in [0.4, 0.5) is 4.39 Å². The molecule has 19 heavy (non-hydrogen) atoms. The number of rotatable bonds is 4. The fraction of sp³-hybridized carbons (Fsp3) is 0.133. The Bertz CT molecular complexity index is 611. The summed E-state index contributed by atoms with van der Waals surface area (Å²) in [6.45, 7) is 1.66. The van der Waals surface area contributed by atoms with Gasteiger partial charge in [0.2, 0.25) is 0 Å². The Morgan fingerprint density at radius 3 is 2.68 bits per heavy atom.